The molecule has 0 aliphatic rings. The Bertz CT molecular complexity index is 429. The van der Waals surface area contributed by atoms with Crippen LogP contribution in [0.1, 0.15) is 37.6 Å². The summed E-state index contributed by atoms with van der Waals surface area (Å²) in [7, 11) is 2.05. The highest BCUT2D eigenvalue weighted by Crippen LogP contribution is 2.19. The Morgan fingerprint density at radius 2 is 2.00 bits per heavy atom. The van der Waals surface area contributed by atoms with Crippen molar-refractivity contribution >= 4 is 5.97 Å². The van der Waals surface area contributed by atoms with E-state index in [1.54, 1.807) is 24.3 Å². The second-order valence-electron chi connectivity index (χ2n) is 5.24. The largest absolute Gasteiger partial charge is 0.491 e. The average molecular weight is 265 g/mol. The van der Waals surface area contributed by atoms with Crippen molar-refractivity contribution in [1.29, 1.82) is 0 Å². The lowest BCUT2D eigenvalue weighted by Crippen LogP contribution is -2.42. The molecule has 0 saturated carbocycles. The number of likely N-dealkylation sites (N-methyl/N-ethyl adjacent to an activating group) is 1. The van der Waals surface area contributed by atoms with Crippen LogP contribution in [0, 0.1) is 0 Å². The molecule has 0 aliphatic heterocycles. The first-order valence-electron chi connectivity index (χ1n) is 6.55. The van der Waals surface area contributed by atoms with Gasteiger partial charge in [-0.1, -0.05) is 19.1 Å². The number of carboxylic acids is 1. The van der Waals surface area contributed by atoms with Crippen LogP contribution in [0.15, 0.2) is 24.3 Å². The van der Waals surface area contributed by atoms with Crippen LogP contribution in [-0.2, 0) is 0 Å². The van der Waals surface area contributed by atoms with Gasteiger partial charge in [0.2, 0.25) is 0 Å². The third-order valence-electron chi connectivity index (χ3n) is 3.70. The summed E-state index contributed by atoms with van der Waals surface area (Å²) in [5, 5.41) is 9.05. The first kappa shape index (κ1) is 15.5. The fourth-order valence-electron chi connectivity index (χ4n) is 1.63. The van der Waals surface area contributed by atoms with Gasteiger partial charge in [0.05, 0.1) is 0 Å². The topological polar surface area (TPSA) is 49.8 Å². The third kappa shape index (κ3) is 4.24. The number of ether oxygens (including phenoxy) is 1. The molecule has 0 bridgehead atoms. The fourth-order valence-corrected chi connectivity index (χ4v) is 1.63. The average Bonchev–Trinajstić information content (AvgIpc) is 2.38. The molecule has 106 valence electrons. The second kappa shape index (κ2) is 6.57. The van der Waals surface area contributed by atoms with Gasteiger partial charge in [-0.05, 0) is 39.4 Å². The molecule has 1 aromatic rings. The third-order valence-corrected chi connectivity index (χ3v) is 3.70. The van der Waals surface area contributed by atoms with Crippen LogP contribution in [0.25, 0.3) is 0 Å². The smallest absolute Gasteiger partial charge is 0.339 e. The summed E-state index contributed by atoms with van der Waals surface area (Å²) in [6.07, 6.45) is 1.05. The first-order valence-corrected chi connectivity index (χ1v) is 6.55. The molecule has 0 amide bonds. The van der Waals surface area contributed by atoms with Crippen LogP contribution < -0.4 is 4.74 Å². The summed E-state index contributed by atoms with van der Waals surface area (Å²) in [6.45, 7) is 7.74. The molecule has 4 heteroatoms. The lowest BCUT2D eigenvalue weighted by Gasteiger charge is -2.34. The second-order valence-corrected chi connectivity index (χ2v) is 5.24. The zero-order valence-corrected chi connectivity index (χ0v) is 12.1. The van der Waals surface area contributed by atoms with Crippen LogP contribution in [0.5, 0.6) is 5.75 Å². The summed E-state index contributed by atoms with van der Waals surface area (Å²) >= 11 is 0. The van der Waals surface area contributed by atoms with E-state index >= 15 is 0 Å². The van der Waals surface area contributed by atoms with Crippen LogP contribution in [-0.4, -0.2) is 41.7 Å². The maximum absolute atomic E-state index is 11.0. The van der Waals surface area contributed by atoms with Crippen molar-refractivity contribution in [3.05, 3.63) is 29.8 Å². The van der Waals surface area contributed by atoms with Crippen LogP contribution in [0.3, 0.4) is 0 Å². The minimum absolute atomic E-state index is 0.121. The van der Waals surface area contributed by atoms with Gasteiger partial charge in [-0.2, -0.15) is 0 Å². The summed E-state index contributed by atoms with van der Waals surface area (Å²) in [4.78, 5) is 13.3. The number of carboxylic acid groups (broad SMARTS) is 1. The predicted octanol–water partition coefficient (Wildman–Crippen LogP) is 2.88. The van der Waals surface area contributed by atoms with E-state index in [-0.39, 0.29) is 11.1 Å². The SMILES string of the molecule is CCC(C)(C)N(C)CCOc1ccccc1C(=O)O. The van der Waals surface area contributed by atoms with Gasteiger partial charge in [0, 0.05) is 12.1 Å². The maximum atomic E-state index is 11.0. The quantitative estimate of drug-likeness (QED) is 0.823. The van der Waals surface area contributed by atoms with Crippen LogP contribution >= 0.6 is 0 Å². The molecular formula is C15H23NO3. The minimum Gasteiger partial charge on any atom is -0.491 e. The summed E-state index contributed by atoms with van der Waals surface area (Å²) < 4.78 is 5.59. The summed E-state index contributed by atoms with van der Waals surface area (Å²) in [6, 6.07) is 6.72. The molecular weight excluding hydrogens is 242 g/mol. The van der Waals surface area contributed by atoms with E-state index in [1.165, 1.54) is 0 Å². The van der Waals surface area contributed by atoms with E-state index in [2.05, 4.69) is 32.7 Å². The molecule has 1 rings (SSSR count). The summed E-state index contributed by atoms with van der Waals surface area (Å²) in [5.41, 5.74) is 0.329. The molecule has 0 saturated heterocycles. The number of para-hydroxylation sites is 1. The zero-order valence-electron chi connectivity index (χ0n) is 12.1. The van der Waals surface area contributed by atoms with Crippen molar-refractivity contribution in [2.24, 2.45) is 0 Å². The monoisotopic (exact) mass is 265 g/mol. The molecule has 0 aromatic heterocycles. The van der Waals surface area contributed by atoms with Gasteiger partial charge in [-0.15, -0.1) is 0 Å². The maximum Gasteiger partial charge on any atom is 0.339 e. The number of hydrogen-bond donors (Lipinski definition) is 1. The Morgan fingerprint density at radius 1 is 1.37 bits per heavy atom. The highest BCUT2D eigenvalue weighted by molar-refractivity contribution is 5.90. The fraction of sp³-hybridized carbons (Fsp3) is 0.533. The Kier molecular flexibility index (Phi) is 5.36. The van der Waals surface area contributed by atoms with Gasteiger partial charge in [-0.25, -0.2) is 4.79 Å². The first-order chi connectivity index (χ1) is 8.88. The number of carbonyl (C=O) groups is 1. The standard InChI is InChI=1S/C15H23NO3/c1-5-15(2,3)16(4)10-11-19-13-9-7-6-8-12(13)14(17)18/h6-9H,5,10-11H2,1-4H3,(H,17,18). The van der Waals surface area contributed by atoms with E-state index in [1.807, 2.05) is 0 Å². The molecule has 0 heterocycles. The van der Waals surface area contributed by atoms with E-state index < -0.39 is 5.97 Å². The predicted molar refractivity (Wildman–Crippen MR) is 75.9 cm³/mol. The van der Waals surface area contributed by atoms with E-state index in [0.29, 0.717) is 12.4 Å². The van der Waals surface area contributed by atoms with Gasteiger partial charge in [-0.3, -0.25) is 4.90 Å². The number of benzene rings is 1. The highest BCUT2D eigenvalue weighted by Gasteiger charge is 2.20. The zero-order chi connectivity index (χ0) is 14.5. The van der Waals surface area contributed by atoms with Gasteiger partial charge < -0.3 is 9.84 Å². The van der Waals surface area contributed by atoms with E-state index in [9.17, 15) is 4.79 Å². The van der Waals surface area contributed by atoms with Crippen molar-refractivity contribution in [2.45, 2.75) is 32.7 Å². The van der Waals surface area contributed by atoms with Gasteiger partial charge in [0.1, 0.15) is 17.9 Å². The number of hydrogen-bond acceptors (Lipinski definition) is 3. The van der Waals surface area contributed by atoms with Crippen molar-refractivity contribution in [2.75, 3.05) is 20.2 Å². The molecule has 1 N–H and O–H groups in total. The molecule has 0 aliphatic carbocycles. The van der Waals surface area contributed by atoms with Crippen LogP contribution in [0.4, 0.5) is 0 Å². The van der Waals surface area contributed by atoms with Crippen molar-refractivity contribution in [1.82, 2.24) is 4.90 Å². The van der Waals surface area contributed by atoms with Crippen molar-refractivity contribution in [3.63, 3.8) is 0 Å². The molecule has 0 fully saturated rings. The Balaban J connectivity index is 2.57. The number of aromatic carboxylic acids is 1. The molecule has 1 aromatic carbocycles. The normalized spacial score (nSPS) is 11.6. The number of rotatable bonds is 7. The summed E-state index contributed by atoms with van der Waals surface area (Å²) in [5.74, 6) is -0.532. The molecule has 0 spiro atoms. The molecule has 0 unspecified atom stereocenters. The van der Waals surface area contributed by atoms with Gasteiger partial charge >= 0.3 is 5.97 Å². The Hall–Kier alpha value is -1.55. The van der Waals surface area contributed by atoms with E-state index in [4.69, 9.17) is 9.84 Å². The van der Waals surface area contributed by atoms with Crippen LogP contribution in [0.2, 0.25) is 0 Å². The Morgan fingerprint density at radius 3 is 2.58 bits per heavy atom. The lowest BCUT2D eigenvalue weighted by molar-refractivity contribution is 0.0690. The van der Waals surface area contributed by atoms with Crippen molar-refractivity contribution in [3.8, 4) is 5.75 Å². The molecule has 0 atom stereocenters. The number of nitrogens with zero attached hydrogens (tertiary/aromatic N) is 1. The lowest BCUT2D eigenvalue weighted by atomic mass is 10.0. The Labute approximate surface area is 115 Å². The minimum atomic E-state index is -0.960. The van der Waals surface area contributed by atoms with Gasteiger partial charge in [0.15, 0.2) is 0 Å². The van der Waals surface area contributed by atoms with E-state index in [0.717, 1.165) is 13.0 Å². The van der Waals surface area contributed by atoms with Gasteiger partial charge in [0.25, 0.3) is 0 Å². The molecule has 4 nitrogen and oxygen atoms in total. The molecule has 19 heavy (non-hydrogen) atoms. The van der Waals surface area contributed by atoms with Crippen molar-refractivity contribution < 1.29 is 14.6 Å². The molecule has 0 radical (unpaired) electrons. The highest BCUT2D eigenvalue weighted by atomic mass is 16.5.